The van der Waals surface area contributed by atoms with Crippen molar-refractivity contribution in [3.63, 3.8) is 0 Å². The van der Waals surface area contributed by atoms with E-state index in [4.69, 9.17) is 10.4 Å². The van der Waals surface area contributed by atoms with Gasteiger partial charge in [0, 0.05) is 0 Å². The van der Waals surface area contributed by atoms with Crippen LogP contribution in [0.4, 0.5) is 0 Å². The number of aliphatic carboxylic acids is 1. The molecular weight excluding hydrogens is 260 g/mol. The quantitative estimate of drug-likeness (QED) is 0.114. The summed E-state index contributed by atoms with van der Waals surface area (Å²) in [5.41, 5.74) is -2.57. The molecule has 0 aromatic rings. The molecular formula is C9H18N4O6. The molecule has 10 nitrogen and oxygen atoms in total. The zero-order chi connectivity index (χ0) is 14.9. The Hall–Kier alpha value is -1.75. The van der Waals surface area contributed by atoms with Crippen molar-refractivity contribution < 1.29 is 29.6 Å². The normalized spacial score (nSPS) is 10.9. The van der Waals surface area contributed by atoms with Gasteiger partial charge >= 0.3 is 5.97 Å². The zero-order valence-corrected chi connectivity index (χ0v) is 10.6. The summed E-state index contributed by atoms with van der Waals surface area (Å²) < 4.78 is 0. The van der Waals surface area contributed by atoms with Gasteiger partial charge < -0.3 is 26.4 Å². The lowest BCUT2D eigenvalue weighted by Gasteiger charge is -2.25. The molecule has 0 saturated carbocycles. The van der Waals surface area contributed by atoms with Gasteiger partial charge in [-0.15, -0.1) is 0 Å². The van der Waals surface area contributed by atoms with Crippen molar-refractivity contribution in [3.8, 4) is 0 Å². The lowest BCUT2D eigenvalue weighted by atomic mass is 9.86. The average Bonchev–Trinajstić information content (AvgIpc) is 2.38. The average molecular weight is 278 g/mol. The molecule has 0 aliphatic carbocycles. The van der Waals surface area contributed by atoms with Gasteiger partial charge in [-0.05, 0) is 14.1 Å². The van der Waals surface area contributed by atoms with E-state index in [0.29, 0.717) is 0 Å². The Kier molecular flexibility index (Phi) is 7.60. The van der Waals surface area contributed by atoms with E-state index in [2.05, 4.69) is 26.2 Å². The minimum Gasteiger partial charge on any atom is -0.480 e. The smallest absolute Gasteiger partial charge is 0.331 e. The third kappa shape index (κ3) is 4.13. The Balaban J connectivity index is 5.23. The maximum absolute atomic E-state index is 11.9. The van der Waals surface area contributed by atoms with Crippen LogP contribution in [0, 0.1) is 5.41 Å². The molecule has 0 aliphatic heterocycles. The second-order valence-corrected chi connectivity index (χ2v) is 3.56. The molecule has 0 bridgehead atoms. The Morgan fingerprint density at radius 2 is 1.47 bits per heavy atom. The first-order valence-electron chi connectivity index (χ1n) is 5.32. The SMILES string of the molecule is CNCNC(=O)C(COO)(C(=O)O)C(=O)NCNC. The van der Waals surface area contributed by atoms with Gasteiger partial charge in [-0.2, -0.15) is 0 Å². The van der Waals surface area contributed by atoms with Crippen LogP contribution in [0.15, 0.2) is 0 Å². The van der Waals surface area contributed by atoms with Crippen LogP contribution in [0.1, 0.15) is 0 Å². The molecule has 0 aliphatic rings. The van der Waals surface area contributed by atoms with Crippen LogP contribution in [0.5, 0.6) is 0 Å². The molecule has 0 aromatic carbocycles. The number of carboxylic acid groups (broad SMARTS) is 1. The van der Waals surface area contributed by atoms with Crippen LogP contribution in [0.25, 0.3) is 0 Å². The third-order valence-electron chi connectivity index (χ3n) is 2.27. The Labute approximate surface area is 109 Å². The van der Waals surface area contributed by atoms with E-state index in [9.17, 15) is 14.4 Å². The fourth-order valence-electron chi connectivity index (χ4n) is 1.23. The van der Waals surface area contributed by atoms with Crippen LogP contribution >= 0.6 is 0 Å². The third-order valence-corrected chi connectivity index (χ3v) is 2.27. The second-order valence-electron chi connectivity index (χ2n) is 3.56. The second kappa shape index (κ2) is 8.37. The van der Waals surface area contributed by atoms with Gasteiger partial charge in [0.25, 0.3) is 11.8 Å². The lowest BCUT2D eigenvalue weighted by Crippen LogP contribution is -2.60. The summed E-state index contributed by atoms with van der Waals surface area (Å²) in [6, 6.07) is 0. The Morgan fingerprint density at radius 1 is 1.05 bits per heavy atom. The van der Waals surface area contributed by atoms with Crippen LogP contribution in [0.3, 0.4) is 0 Å². The highest BCUT2D eigenvalue weighted by atomic mass is 17.1. The first kappa shape index (κ1) is 17.2. The van der Waals surface area contributed by atoms with E-state index >= 15 is 0 Å². The molecule has 10 heteroatoms. The number of hydrogen-bond acceptors (Lipinski definition) is 7. The van der Waals surface area contributed by atoms with Gasteiger partial charge in [0.2, 0.25) is 5.41 Å². The predicted octanol–water partition coefficient (Wildman–Crippen LogP) is -2.87. The summed E-state index contributed by atoms with van der Waals surface area (Å²) >= 11 is 0. The minimum absolute atomic E-state index is 0.0431. The minimum atomic E-state index is -2.57. The highest BCUT2D eigenvalue weighted by Gasteiger charge is 2.54. The van der Waals surface area contributed by atoms with Crippen LogP contribution < -0.4 is 21.3 Å². The first-order chi connectivity index (χ1) is 8.97. The van der Waals surface area contributed by atoms with Crippen LogP contribution in [-0.4, -0.2) is 62.2 Å². The largest absolute Gasteiger partial charge is 0.480 e. The van der Waals surface area contributed by atoms with E-state index in [1.54, 1.807) is 0 Å². The summed E-state index contributed by atoms with van der Waals surface area (Å²) in [5.74, 6) is -3.93. The molecule has 0 spiro atoms. The number of hydrogen-bond donors (Lipinski definition) is 6. The molecule has 110 valence electrons. The molecule has 0 unspecified atom stereocenters. The maximum Gasteiger partial charge on any atom is 0.331 e. The summed E-state index contributed by atoms with van der Waals surface area (Å²) in [6.07, 6.45) is 0. The fraction of sp³-hybridized carbons (Fsp3) is 0.667. The molecule has 0 saturated heterocycles. The van der Waals surface area contributed by atoms with Crippen molar-refractivity contribution in [2.45, 2.75) is 0 Å². The zero-order valence-electron chi connectivity index (χ0n) is 10.6. The molecule has 19 heavy (non-hydrogen) atoms. The van der Waals surface area contributed by atoms with E-state index < -0.39 is 29.8 Å². The Morgan fingerprint density at radius 3 is 1.74 bits per heavy atom. The number of carboxylic acids is 1. The number of rotatable bonds is 9. The van der Waals surface area contributed by atoms with Gasteiger partial charge in [-0.3, -0.25) is 19.6 Å². The van der Waals surface area contributed by atoms with Crippen molar-refractivity contribution in [3.05, 3.63) is 0 Å². The summed E-state index contributed by atoms with van der Waals surface area (Å²) in [4.78, 5) is 38.7. The highest BCUT2D eigenvalue weighted by molar-refractivity contribution is 6.20. The predicted molar refractivity (Wildman–Crippen MR) is 62.8 cm³/mol. The van der Waals surface area contributed by atoms with E-state index in [1.807, 2.05) is 0 Å². The molecule has 0 rings (SSSR count). The van der Waals surface area contributed by atoms with Crippen molar-refractivity contribution >= 4 is 17.8 Å². The monoisotopic (exact) mass is 278 g/mol. The molecule has 6 N–H and O–H groups in total. The first-order valence-corrected chi connectivity index (χ1v) is 5.32. The van der Waals surface area contributed by atoms with Crippen LogP contribution in [0.2, 0.25) is 0 Å². The molecule has 0 atom stereocenters. The van der Waals surface area contributed by atoms with Gasteiger partial charge in [-0.25, -0.2) is 4.89 Å². The summed E-state index contributed by atoms with van der Waals surface area (Å²) in [5, 5.41) is 27.1. The van der Waals surface area contributed by atoms with Crippen molar-refractivity contribution in [1.29, 1.82) is 0 Å². The number of nitrogens with one attached hydrogen (secondary N) is 4. The van der Waals surface area contributed by atoms with Crippen molar-refractivity contribution in [2.75, 3.05) is 34.0 Å². The molecule has 0 aromatic heterocycles. The van der Waals surface area contributed by atoms with Gasteiger partial charge in [0.1, 0.15) is 6.61 Å². The standard InChI is InChI=1S/C9H18N4O6/c1-10-4-12-6(14)9(3-19-18,8(16)17)7(15)13-5-11-2/h10-11,18H,3-5H2,1-2H3,(H,12,14)(H,13,15)(H,16,17). The molecule has 0 radical (unpaired) electrons. The number of carbonyl (C=O) groups is 3. The number of amides is 2. The lowest BCUT2D eigenvalue weighted by molar-refractivity contribution is -0.259. The van der Waals surface area contributed by atoms with Gasteiger partial charge in [0.15, 0.2) is 0 Å². The van der Waals surface area contributed by atoms with Gasteiger partial charge in [0.05, 0.1) is 13.3 Å². The van der Waals surface area contributed by atoms with Crippen LogP contribution in [-0.2, 0) is 19.3 Å². The topological polar surface area (TPSA) is 149 Å². The molecule has 0 heterocycles. The highest BCUT2D eigenvalue weighted by Crippen LogP contribution is 2.19. The molecule has 2 amide bonds. The molecule has 0 fully saturated rings. The van der Waals surface area contributed by atoms with Gasteiger partial charge in [-0.1, -0.05) is 0 Å². The number of carbonyl (C=O) groups excluding carboxylic acids is 2. The van der Waals surface area contributed by atoms with Crippen molar-refractivity contribution in [1.82, 2.24) is 21.3 Å². The van der Waals surface area contributed by atoms with Crippen molar-refractivity contribution in [2.24, 2.45) is 5.41 Å². The Bertz CT molecular complexity index is 315. The summed E-state index contributed by atoms with van der Waals surface area (Å²) in [6.45, 7) is -1.09. The fourth-order valence-corrected chi connectivity index (χ4v) is 1.23. The maximum atomic E-state index is 11.9. The van der Waals surface area contributed by atoms with E-state index in [0.717, 1.165) is 0 Å². The van der Waals surface area contributed by atoms with E-state index in [1.165, 1.54) is 14.1 Å². The summed E-state index contributed by atoms with van der Waals surface area (Å²) in [7, 11) is 3.04. The van der Waals surface area contributed by atoms with E-state index in [-0.39, 0.29) is 13.3 Å².